The number of hydrogen-bond donors (Lipinski definition) is 1. The molecule has 76 valence electrons. The Hall–Kier alpha value is -1.76. The Labute approximate surface area is 90.0 Å². The summed E-state index contributed by atoms with van der Waals surface area (Å²) in [7, 11) is 0. The van der Waals surface area contributed by atoms with Crippen LogP contribution >= 0.6 is 0 Å². The Bertz CT molecular complexity index is 486. The normalized spacial score (nSPS) is 10.3. The summed E-state index contributed by atoms with van der Waals surface area (Å²) < 4.78 is 0. The Morgan fingerprint density at radius 3 is 2.33 bits per heavy atom. The molecule has 0 amide bonds. The third-order valence-corrected chi connectivity index (χ3v) is 2.48. The summed E-state index contributed by atoms with van der Waals surface area (Å²) in [5.41, 5.74) is 4.33. The highest BCUT2D eigenvalue weighted by molar-refractivity contribution is 5.71. The lowest BCUT2D eigenvalue weighted by Crippen LogP contribution is -1.82. The van der Waals surface area contributed by atoms with Crippen LogP contribution in [0.5, 0.6) is 5.75 Å². The molecule has 0 aromatic heterocycles. The van der Waals surface area contributed by atoms with Gasteiger partial charge >= 0.3 is 0 Å². The first-order chi connectivity index (χ1) is 7.16. The average molecular weight is 198 g/mol. The molecule has 15 heavy (non-hydrogen) atoms. The molecule has 1 N–H and O–H groups in total. The van der Waals surface area contributed by atoms with Crippen molar-refractivity contribution in [1.82, 2.24) is 0 Å². The van der Waals surface area contributed by atoms with E-state index in [1.165, 1.54) is 5.56 Å². The van der Waals surface area contributed by atoms with Gasteiger partial charge < -0.3 is 5.11 Å². The first-order valence-electron chi connectivity index (χ1n) is 5.03. The highest BCUT2D eigenvalue weighted by Crippen LogP contribution is 2.30. The standard InChI is InChI=1S/C14H14O/c1-10-4-3-5-12(8-10)13-9-11(2)6-7-14(13)15/h3-9,15H,1-2H3. The molecule has 0 heterocycles. The van der Waals surface area contributed by atoms with Gasteiger partial charge in [0, 0.05) is 5.56 Å². The van der Waals surface area contributed by atoms with Gasteiger partial charge in [-0.2, -0.15) is 0 Å². The van der Waals surface area contributed by atoms with Crippen molar-refractivity contribution in [3.05, 3.63) is 53.6 Å². The molecule has 0 aliphatic heterocycles. The third-order valence-electron chi connectivity index (χ3n) is 2.48. The van der Waals surface area contributed by atoms with Crippen molar-refractivity contribution >= 4 is 0 Å². The van der Waals surface area contributed by atoms with Gasteiger partial charge in [0.25, 0.3) is 0 Å². The van der Waals surface area contributed by atoms with E-state index in [-0.39, 0.29) is 0 Å². The zero-order chi connectivity index (χ0) is 10.8. The van der Waals surface area contributed by atoms with Crippen LogP contribution < -0.4 is 0 Å². The van der Waals surface area contributed by atoms with Gasteiger partial charge in [-0.1, -0.05) is 41.5 Å². The van der Waals surface area contributed by atoms with E-state index in [2.05, 4.69) is 19.1 Å². The molecule has 0 saturated heterocycles. The number of benzene rings is 2. The predicted octanol–water partition coefficient (Wildman–Crippen LogP) is 3.68. The Kier molecular flexibility index (Phi) is 2.46. The van der Waals surface area contributed by atoms with Crippen LogP contribution in [0.3, 0.4) is 0 Å². The van der Waals surface area contributed by atoms with E-state index in [0.717, 1.165) is 16.7 Å². The minimum absolute atomic E-state index is 0.339. The van der Waals surface area contributed by atoms with E-state index in [4.69, 9.17) is 0 Å². The first kappa shape index (κ1) is 9.78. The molecule has 0 fully saturated rings. The monoisotopic (exact) mass is 198 g/mol. The van der Waals surface area contributed by atoms with Gasteiger partial charge in [0.05, 0.1) is 0 Å². The summed E-state index contributed by atoms with van der Waals surface area (Å²) >= 11 is 0. The van der Waals surface area contributed by atoms with Gasteiger partial charge in [0.1, 0.15) is 5.75 Å². The molecule has 0 aliphatic rings. The molecule has 0 radical (unpaired) electrons. The predicted molar refractivity (Wildman–Crippen MR) is 63.0 cm³/mol. The molecular formula is C14H14O. The minimum atomic E-state index is 0.339. The van der Waals surface area contributed by atoms with Gasteiger partial charge in [0.15, 0.2) is 0 Å². The summed E-state index contributed by atoms with van der Waals surface area (Å²) in [5, 5.41) is 9.78. The summed E-state index contributed by atoms with van der Waals surface area (Å²) in [6.07, 6.45) is 0. The minimum Gasteiger partial charge on any atom is -0.507 e. The second-order valence-corrected chi connectivity index (χ2v) is 3.89. The van der Waals surface area contributed by atoms with Crippen molar-refractivity contribution in [3.63, 3.8) is 0 Å². The number of aromatic hydroxyl groups is 1. The molecule has 0 atom stereocenters. The van der Waals surface area contributed by atoms with Crippen molar-refractivity contribution in [2.75, 3.05) is 0 Å². The van der Waals surface area contributed by atoms with Crippen LogP contribution in [0.4, 0.5) is 0 Å². The number of rotatable bonds is 1. The maximum absolute atomic E-state index is 9.78. The largest absolute Gasteiger partial charge is 0.507 e. The van der Waals surface area contributed by atoms with Crippen LogP contribution in [-0.4, -0.2) is 5.11 Å². The zero-order valence-corrected chi connectivity index (χ0v) is 8.99. The molecule has 0 bridgehead atoms. The van der Waals surface area contributed by atoms with Crippen molar-refractivity contribution in [3.8, 4) is 16.9 Å². The second kappa shape index (κ2) is 3.77. The second-order valence-electron chi connectivity index (χ2n) is 3.89. The molecule has 2 aromatic carbocycles. The highest BCUT2D eigenvalue weighted by Gasteiger charge is 2.03. The van der Waals surface area contributed by atoms with Gasteiger partial charge in [0.2, 0.25) is 0 Å². The average Bonchev–Trinajstić information content (AvgIpc) is 2.22. The number of phenols is 1. The van der Waals surface area contributed by atoms with Crippen molar-refractivity contribution in [1.29, 1.82) is 0 Å². The summed E-state index contributed by atoms with van der Waals surface area (Å²) in [6, 6.07) is 13.8. The molecule has 0 saturated carbocycles. The van der Waals surface area contributed by atoms with E-state index in [1.54, 1.807) is 6.07 Å². The maximum Gasteiger partial charge on any atom is 0.123 e. The first-order valence-corrected chi connectivity index (χ1v) is 5.03. The third kappa shape index (κ3) is 2.01. The molecule has 2 aromatic rings. The molecular weight excluding hydrogens is 184 g/mol. The SMILES string of the molecule is Cc1cccc(-c2cc(C)ccc2O)c1. The van der Waals surface area contributed by atoms with Crippen LogP contribution in [0, 0.1) is 13.8 Å². The fourth-order valence-corrected chi connectivity index (χ4v) is 1.69. The van der Waals surface area contributed by atoms with Gasteiger partial charge in [-0.15, -0.1) is 0 Å². The van der Waals surface area contributed by atoms with Crippen LogP contribution in [0.1, 0.15) is 11.1 Å². The molecule has 0 unspecified atom stereocenters. The Balaban J connectivity index is 2.58. The van der Waals surface area contributed by atoms with Crippen LogP contribution in [-0.2, 0) is 0 Å². The smallest absolute Gasteiger partial charge is 0.123 e. The quantitative estimate of drug-likeness (QED) is 0.741. The van der Waals surface area contributed by atoms with Gasteiger partial charge in [-0.05, 0) is 31.5 Å². The van der Waals surface area contributed by atoms with E-state index < -0.39 is 0 Å². The zero-order valence-electron chi connectivity index (χ0n) is 8.99. The summed E-state index contributed by atoms with van der Waals surface area (Å²) in [5.74, 6) is 0.339. The van der Waals surface area contributed by atoms with Gasteiger partial charge in [-0.25, -0.2) is 0 Å². The molecule has 0 spiro atoms. The summed E-state index contributed by atoms with van der Waals surface area (Å²) in [6.45, 7) is 4.08. The van der Waals surface area contributed by atoms with Crippen LogP contribution in [0.2, 0.25) is 0 Å². The van der Waals surface area contributed by atoms with E-state index >= 15 is 0 Å². The lowest BCUT2D eigenvalue weighted by molar-refractivity contribution is 0.477. The van der Waals surface area contributed by atoms with Crippen LogP contribution in [0.15, 0.2) is 42.5 Å². The fourth-order valence-electron chi connectivity index (χ4n) is 1.69. The number of hydrogen-bond acceptors (Lipinski definition) is 1. The Morgan fingerprint density at radius 2 is 1.60 bits per heavy atom. The van der Waals surface area contributed by atoms with Crippen molar-refractivity contribution in [2.45, 2.75) is 13.8 Å². The van der Waals surface area contributed by atoms with E-state index in [9.17, 15) is 5.11 Å². The number of aryl methyl sites for hydroxylation is 2. The Morgan fingerprint density at radius 1 is 0.867 bits per heavy atom. The van der Waals surface area contributed by atoms with Crippen molar-refractivity contribution in [2.24, 2.45) is 0 Å². The van der Waals surface area contributed by atoms with Crippen molar-refractivity contribution < 1.29 is 5.11 Å². The molecule has 1 nitrogen and oxygen atoms in total. The van der Waals surface area contributed by atoms with E-state index in [0.29, 0.717) is 5.75 Å². The van der Waals surface area contributed by atoms with E-state index in [1.807, 2.05) is 31.2 Å². The van der Waals surface area contributed by atoms with Gasteiger partial charge in [-0.3, -0.25) is 0 Å². The van der Waals surface area contributed by atoms with Crippen LogP contribution in [0.25, 0.3) is 11.1 Å². The maximum atomic E-state index is 9.78. The topological polar surface area (TPSA) is 20.2 Å². The molecule has 1 heteroatoms. The lowest BCUT2D eigenvalue weighted by Gasteiger charge is -2.06. The fraction of sp³-hybridized carbons (Fsp3) is 0.143. The highest BCUT2D eigenvalue weighted by atomic mass is 16.3. The molecule has 2 rings (SSSR count). The number of phenolic OH excluding ortho intramolecular Hbond substituents is 1. The summed E-state index contributed by atoms with van der Waals surface area (Å²) in [4.78, 5) is 0. The molecule has 0 aliphatic carbocycles. The lowest BCUT2D eigenvalue weighted by atomic mass is 10.0.